The first-order valence-corrected chi connectivity index (χ1v) is 5.98. The van der Waals surface area contributed by atoms with Crippen LogP contribution in [0.15, 0.2) is 11.0 Å². The van der Waals surface area contributed by atoms with Crippen molar-refractivity contribution in [2.24, 2.45) is 0 Å². The lowest BCUT2D eigenvalue weighted by atomic mass is 10.3. The number of halogens is 4. The third kappa shape index (κ3) is 3.68. The monoisotopic (exact) mass is 323 g/mol. The van der Waals surface area contributed by atoms with Crippen LogP contribution < -0.4 is 10.9 Å². The molecule has 0 aliphatic carbocycles. The summed E-state index contributed by atoms with van der Waals surface area (Å²) in [5.41, 5.74) is -0.961. The minimum Gasteiger partial charge on any atom is -0.373 e. The maximum Gasteiger partial charge on any atom is 0.408 e. The zero-order valence-electron chi connectivity index (χ0n) is 10.5. The van der Waals surface area contributed by atoms with Crippen LogP contribution >= 0.6 is 11.6 Å². The number of rotatable bonds is 4. The number of anilines is 1. The molecular weight excluding hydrogens is 315 g/mol. The number of tetrazole rings is 1. The van der Waals surface area contributed by atoms with Crippen molar-refractivity contribution in [3.63, 3.8) is 0 Å². The summed E-state index contributed by atoms with van der Waals surface area (Å²) in [6.45, 7) is 0.147. The standard InChI is InChI=1S/C9H9ClF3N7O/c1-4(7-16-18-19-17-7)15-5-2-14-20(3-9(11,12)13)8(21)6(5)10/h2,4,15H,3H2,1H3,(H,16,17,18,19). The van der Waals surface area contributed by atoms with Crippen LogP contribution in [0, 0.1) is 0 Å². The lowest BCUT2D eigenvalue weighted by Gasteiger charge is -2.14. The molecule has 12 heteroatoms. The van der Waals surface area contributed by atoms with Crippen molar-refractivity contribution in [3.8, 4) is 0 Å². The maximum absolute atomic E-state index is 12.3. The zero-order valence-corrected chi connectivity index (χ0v) is 11.3. The fourth-order valence-electron chi connectivity index (χ4n) is 1.50. The van der Waals surface area contributed by atoms with Gasteiger partial charge in [0.15, 0.2) is 5.82 Å². The van der Waals surface area contributed by atoms with E-state index in [1.807, 2.05) is 0 Å². The van der Waals surface area contributed by atoms with Crippen LogP contribution in [0.5, 0.6) is 0 Å². The molecule has 0 bridgehead atoms. The normalized spacial score (nSPS) is 13.2. The van der Waals surface area contributed by atoms with Gasteiger partial charge in [-0.15, -0.1) is 10.2 Å². The van der Waals surface area contributed by atoms with Crippen molar-refractivity contribution < 1.29 is 13.2 Å². The van der Waals surface area contributed by atoms with Gasteiger partial charge in [-0.05, 0) is 6.92 Å². The van der Waals surface area contributed by atoms with Crippen LogP contribution in [0.25, 0.3) is 0 Å². The number of nitrogens with one attached hydrogen (secondary N) is 2. The van der Waals surface area contributed by atoms with Gasteiger partial charge in [0.1, 0.15) is 11.6 Å². The number of H-pyrrole nitrogens is 1. The van der Waals surface area contributed by atoms with Crippen molar-refractivity contribution >= 4 is 17.3 Å². The number of alkyl halides is 3. The Kier molecular flexibility index (Phi) is 4.11. The fourth-order valence-corrected chi connectivity index (χ4v) is 1.70. The second-order valence-electron chi connectivity index (χ2n) is 4.09. The molecule has 21 heavy (non-hydrogen) atoms. The van der Waals surface area contributed by atoms with Gasteiger partial charge in [0, 0.05) is 0 Å². The Morgan fingerprint density at radius 1 is 1.52 bits per heavy atom. The summed E-state index contributed by atoms with van der Waals surface area (Å²) < 4.78 is 37.0. The predicted molar refractivity (Wildman–Crippen MR) is 65.8 cm³/mol. The largest absolute Gasteiger partial charge is 0.408 e. The van der Waals surface area contributed by atoms with Crippen LogP contribution in [0.1, 0.15) is 18.8 Å². The van der Waals surface area contributed by atoms with Crippen LogP contribution in [0.4, 0.5) is 18.9 Å². The number of hydrogen-bond acceptors (Lipinski definition) is 6. The molecule has 0 fully saturated rings. The molecule has 2 aromatic heterocycles. The molecule has 2 aromatic rings. The Morgan fingerprint density at radius 3 is 2.81 bits per heavy atom. The maximum atomic E-state index is 12.3. The van der Waals surface area contributed by atoms with E-state index in [2.05, 4.69) is 31.0 Å². The Morgan fingerprint density at radius 2 is 2.24 bits per heavy atom. The van der Waals surface area contributed by atoms with Crippen molar-refractivity contribution in [2.75, 3.05) is 5.32 Å². The SMILES string of the molecule is CC(Nc1cnn(CC(F)(F)F)c(=O)c1Cl)c1nn[nH]n1. The lowest BCUT2D eigenvalue weighted by Crippen LogP contribution is -2.31. The molecule has 2 heterocycles. The average molecular weight is 324 g/mol. The van der Waals surface area contributed by atoms with Crippen LogP contribution in [-0.4, -0.2) is 36.6 Å². The first-order chi connectivity index (χ1) is 9.78. The molecular formula is C9H9ClF3N7O. The topological polar surface area (TPSA) is 101 Å². The highest BCUT2D eigenvalue weighted by Gasteiger charge is 2.29. The first kappa shape index (κ1) is 15.2. The fraction of sp³-hybridized carbons (Fsp3) is 0.444. The summed E-state index contributed by atoms with van der Waals surface area (Å²) in [5, 5.41) is 18.9. The molecule has 114 valence electrons. The number of aromatic amines is 1. The van der Waals surface area contributed by atoms with E-state index in [0.29, 0.717) is 5.82 Å². The third-order valence-corrected chi connectivity index (χ3v) is 2.80. The summed E-state index contributed by atoms with van der Waals surface area (Å²) in [6, 6.07) is -0.471. The summed E-state index contributed by atoms with van der Waals surface area (Å²) in [4.78, 5) is 11.7. The van der Waals surface area contributed by atoms with E-state index in [9.17, 15) is 18.0 Å². The van der Waals surface area contributed by atoms with Gasteiger partial charge in [0.2, 0.25) is 0 Å². The predicted octanol–water partition coefficient (Wildman–Crippen LogP) is 1.15. The third-order valence-electron chi connectivity index (χ3n) is 2.43. The molecule has 0 spiro atoms. The molecule has 8 nitrogen and oxygen atoms in total. The van der Waals surface area contributed by atoms with E-state index in [4.69, 9.17) is 11.6 Å². The van der Waals surface area contributed by atoms with E-state index < -0.39 is 29.3 Å². The van der Waals surface area contributed by atoms with E-state index in [0.717, 1.165) is 6.20 Å². The highest BCUT2D eigenvalue weighted by atomic mass is 35.5. The second kappa shape index (κ2) is 5.68. The molecule has 1 atom stereocenters. The van der Waals surface area contributed by atoms with E-state index in [1.54, 1.807) is 6.92 Å². The molecule has 0 amide bonds. The molecule has 0 aliphatic heterocycles. The van der Waals surface area contributed by atoms with Gasteiger partial charge in [0.25, 0.3) is 5.56 Å². The van der Waals surface area contributed by atoms with Crippen molar-refractivity contribution in [1.82, 2.24) is 30.4 Å². The smallest absolute Gasteiger partial charge is 0.373 e. The number of nitrogens with zero attached hydrogens (tertiary/aromatic N) is 5. The van der Waals surface area contributed by atoms with Gasteiger partial charge >= 0.3 is 6.18 Å². The molecule has 0 aliphatic rings. The Bertz CT molecular complexity index is 669. The Balaban J connectivity index is 2.23. The van der Waals surface area contributed by atoms with Gasteiger partial charge in [0.05, 0.1) is 17.9 Å². The molecule has 0 radical (unpaired) electrons. The molecule has 0 saturated heterocycles. The van der Waals surface area contributed by atoms with Gasteiger partial charge < -0.3 is 5.32 Å². The highest BCUT2D eigenvalue weighted by molar-refractivity contribution is 6.32. The van der Waals surface area contributed by atoms with Gasteiger partial charge in [-0.1, -0.05) is 16.8 Å². The lowest BCUT2D eigenvalue weighted by molar-refractivity contribution is -0.143. The quantitative estimate of drug-likeness (QED) is 0.875. The van der Waals surface area contributed by atoms with Gasteiger partial charge in [-0.25, -0.2) is 4.68 Å². The van der Waals surface area contributed by atoms with Crippen molar-refractivity contribution in [2.45, 2.75) is 25.7 Å². The van der Waals surface area contributed by atoms with Crippen molar-refractivity contribution in [3.05, 3.63) is 27.4 Å². The van der Waals surface area contributed by atoms with Gasteiger partial charge in [-0.2, -0.15) is 23.5 Å². The Labute approximate surface area is 120 Å². The van der Waals surface area contributed by atoms with Crippen LogP contribution in [0.2, 0.25) is 5.02 Å². The first-order valence-electron chi connectivity index (χ1n) is 5.60. The van der Waals surface area contributed by atoms with E-state index in [1.165, 1.54) is 0 Å². The van der Waals surface area contributed by atoms with Gasteiger partial charge in [-0.3, -0.25) is 4.79 Å². The average Bonchev–Trinajstić information content (AvgIpc) is 2.91. The Hall–Kier alpha value is -2.17. The molecule has 0 aromatic carbocycles. The highest BCUT2D eigenvalue weighted by Crippen LogP contribution is 2.22. The molecule has 1 unspecified atom stereocenters. The summed E-state index contributed by atoms with van der Waals surface area (Å²) >= 11 is 5.77. The van der Waals surface area contributed by atoms with Crippen molar-refractivity contribution in [1.29, 1.82) is 0 Å². The number of aromatic nitrogens is 6. The molecule has 0 saturated carbocycles. The summed E-state index contributed by atoms with van der Waals surface area (Å²) in [7, 11) is 0. The van der Waals surface area contributed by atoms with E-state index in [-0.39, 0.29) is 10.4 Å². The molecule has 2 rings (SSSR count). The zero-order chi connectivity index (χ0) is 15.6. The number of hydrogen-bond donors (Lipinski definition) is 2. The molecule has 2 N–H and O–H groups in total. The van der Waals surface area contributed by atoms with Crippen LogP contribution in [0.3, 0.4) is 0 Å². The van der Waals surface area contributed by atoms with Crippen LogP contribution in [-0.2, 0) is 6.54 Å². The summed E-state index contributed by atoms with van der Waals surface area (Å²) in [5.74, 6) is 0.297. The van der Waals surface area contributed by atoms with E-state index >= 15 is 0 Å². The minimum atomic E-state index is -4.56. The second-order valence-corrected chi connectivity index (χ2v) is 4.46. The minimum absolute atomic E-state index is 0.0809. The summed E-state index contributed by atoms with van der Waals surface area (Å²) in [6.07, 6.45) is -3.53.